The smallest absolute Gasteiger partial charge is 0.164 e. The Morgan fingerprint density at radius 1 is 0.357 bits per heavy atom. The fourth-order valence-electron chi connectivity index (χ4n) is 8.84. The SMILES string of the molecule is c1ccc(-c2cc(-c3ccc4c(c3)c3ccccc3n4-c3ccc4c5ccccc5c5ccccc5c4c3)nc(-c3cccc4c3oc3ccccc34)n2)cc1. The molecule has 4 heteroatoms. The first-order valence-electron chi connectivity index (χ1n) is 19.0. The maximum absolute atomic E-state index is 6.47. The number of furan rings is 1. The lowest BCUT2D eigenvalue weighted by Crippen LogP contribution is -1.97. The second kappa shape index (κ2) is 12.0. The molecule has 0 amide bonds. The van der Waals surface area contributed by atoms with Gasteiger partial charge in [-0.15, -0.1) is 0 Å². The number of fused-ring (bicyclic) bond motifs is 12. The zero-order valence-electron chi connectivity index (χ0n) is 30.1. The summed E-state index contributed by atoms with van der Waals surface area (Å²) in [4.78, 5) is 10.4. The van der Waals surface area contributed by atoms with Crippen molar-refractivity contribution in [1.82, 2.24) is 14.5 Å². The highest BCUT2D eigenvalue weighted by Gasteiger charge is 2.19. The standard InChI is InChI=1S/C52H31N3O/c1-2-13-32(14-3-1)46-31-47(54-52(53-46)43-22-12-21-42-41-20-9-11-24-50(41)56-51(42)43)33-25-28-49-45(29-33)40-19-8-10-23-48(40)55(49)34-26-27-39-37-17-5-4-15-35(37)36-16-6-7-18-38(36)44(39)30-34/h1-31H. The van der Waals surface area contributed by atoms with Gasteiger partial charge in [0.2, 0.25) is 0 Å². The Labute approximate surface area is 321 Å². The lowest BCUT2D eigenvalue weighted by molar-refractivity contribution is 0.669. The first kappa shape index (κ1) is 30.9. The molecule has 0 aliphatic heterocycles. The Balaban J connectivity index is 1.07. The van der Waals surface area contributed by atoms with Crippen LogP contribution in [0.15, 0.2) is 192 Å². The third-order valence-electron chi connectivity index (χ3n) is 11.4. The molecule has 0 saturated heterocycles. The molecule has 0 spiro atoms. The van der Waals surface area contributed by atoms with Crippen LogP contribution in [0, 0.1) is 0 Å². The predicted molar refractivity (Wildman–Crippen MR) is 232 cm³/mol. The summed E-state index contributed by atoms with van der Waals surface area (Å²) >= 11 is 0. The maximum Gasteiger partial charge on any atom is 0.164 e. The van der Waals surface area contributed by atoms with Crippen LogP contribution in [0.2, 0.25) is 0 Å². The van der Waals surface area contributed by atoms with Gasteiger partial charge in [-0.2, -0.15) is 0 Å². The van der Waals surface area contributed by atoms with Gasteiger partial charge in [0.25, 0.3) is 0 Å². The van der Waals surface area contributed by atoms with E-state index in [1.54, 1.807) is 0 Å². The van der Waals surface area contributed by atoms with E-state index >= 15 is 0 Å². The van der Waals surface area contributed by atoms with Crippen LogP contribution in [0.4, 0.5) is 0 Å². The summed E-state index contributed by atoms with van der Waals surface area (Å²) in [5.74, 6) is 0.629. The summed E-state index contributed by atoms with van der Waals surface area (Å²) in [5.41, 5.74) is 9.71. The largest absolute Gasteiger partial charge is 0.455 e. The monoisotopic (exact) mass is 713 g/mol. The fraction of sp³-hybridized carbons (Fsp3) is 0. The molecule has 0 bridgehead atoms. The normalized spacial score (nSPS) is 11.9. The van der Waals surface area contributed by atoms with Crippen LogP contribution in [-0.4, -0.2) is 14.5 Å². The summed E-state index contributed by atoms with van der Waals surface area (Å²) in [6, 6.07) is 66.7. The summed E-state index contributed by atoms with van der Waals surface area (Å²) in [5, 5.41) is 12.1. The van der Waals surface area contributed by atoms with Gasteiger partial charge >= 0.3 is 0 Å². The predicted octanol–water partition coefficient (Wildman–Crippen LogP) is 13.9. The molecule has 0 aliphatic rings. The van der Waals surface area contributed by atoms with Gasteiger partial charge in [0, 0.05) is 38.4 Å². The van der Waals surface area contributed by atoms with E-state index in [1.165, 1.54) is 43.1 Å². The van der Waals surface area contributed by atoms with E-state index in [0.717, 1.165) is 66.7 Å². The van der Waals surface area contributed by atoms with Crippen molar-refractivity contribution >= 4 is 76.1 Å². The van der Waals surface area contributed by atoms with Gasteiger partial charge in [-0.05, 0) is 80.8 Å². The van der Waals surface area contributed by atoms with Gasteiger partial charge < -0.3 is 8.98 Å². The Kier molecular flexibility index (Phi) is 6.60. The average molecular weight is 714 g/mol. The molecular weight excluding hydrogens is 683 g/mol. The van der Waals surface area contributed by atoms with Crippen LogP contribution >= 0.6 is 0 Å². The molecule has 12 aromatic rings. The van der Waals surface area contributed by atoms with E-state index in [2.05, 4.69) is 168 Å². The second-order valence-electron chi connectivity index (χ2n) is 14.5. The molecule has 0 aliphatic carbocycles. The van der Waals surface area contributed by atoms with Crippen LogP contribution in [-0.2, 0) is 0 Å². The van der Waals surface area contributed by atoms with Crippen molar-refractivity contribution in [3.8, 4) is 39.6 Å². The second-order valence-corrected chi connectivity index (χ2v) is 14.5. The van der Waals surface area contributed by atoms with Gasteiger partial charge in [-0.25, -0.2) is 9.97 Å². The number of hydrogen-bond acceptors (Lipinski definition) is 3. The lowest BCUT2D eigenvalue weighted by atomic mass is 9.94. The van der Waals surface area contributed by atoms with E-state index in [-0.39, 0.29) is 0 Å². The summed E-state index contributed by atoms with van der Waals surface area (Å²) in [6.07, 6.45) is 0. The molecule has 12 rings (SSSR count). The minimum Gasteiger partial charge on any atom is -0.455 e. The van der Waals surface area contributed by atoms with Crippen molar-refractivity contribution in [2.24, 2.45) is 0 Å². The van der Waals surface area contributed by atoms with E-state index in [0.29, 0.717) is 5.82 Å². The molecule has 0 saturated carbocycles. The Bertz CT molecular complexity index is 3510. The minimum atomic E-state index is 0.629. The average Bonchev–Trinajstić information content (AvgIpc) is 3.82. The van der Waals surface area contributed by atoms with E-state index < -0.39 is 0 Å². The van der Waals surface area contributed by atoms with Crippen molar-refractivity contribution in [3.63, 3.8) is 0 Å². The topological polar surface area (TPSA) is 43.9 Å². The molecule has 4 nitrogen and oxygen atoms in total. The molecule has 3 heterocycles. The highest BCUT2D eigenvalue weighted by Crippen LogP contribution is 2.40. The number of hydrogen-bond donors (Lipinski definition) is 0. The summed E-state index contributed by atoms with van der Waals surface area (Å²) in [6.45, 7) is 0. The third kappa shape index (κ3) is 4.60. The lowest BCUT2D eigenvalue weighted by Gasteiger charge is -2.14. The van der Waals surface area contributed by atoms with E-state index in [9.17, 15) is 0 Å². The van der Waals surface area contributed by atoms with Gasteiger partial charge in [0.15, 0.2) is 5.82 Å². The quantitative estimate of drug-likeness (QED) is 0.171. The van der Waals surface area contributed by atoms with Crippen LogP contribution in [0.3, 0.4) is 0 Å². The summed E-state index contributed by atoms with van der Waals surface area (Å²) in [7, 11) is 0. The first-order chi connectivity index (χ1) is 27.8. The number of aromatic nitrogens is 3. The Morgan fingerprint density at radius 3 is 1.71 bits per heavy atom. The Hall–Kier alpha value is -7.56. The third-order valence-corrected chi connectivity index (χ3v) is 11.4. The van der Waals surface area contributed by atoms with Gasteiger partial charge in [-0.3, -0.25) is 0 Å². The van der Waals surface area contributed by atoms with Crippen molar-refractivity contribution < 1.29 is 4.42 Å². The number of para-hydroxylation sites is 3. The van der Waals surface area contributed by atoms with Gasteiger partial charge in [0.05, 0.1) is 28.0 Å². The molecule has 3 aromatic heterocycles. The first-order valence-corrected chi connectivity index (χ1v) is 19.0. The molecule has 0 unspecified atom stereocenters. The molecular formula is C52H31N3O. The van der Waals surface area contributed by atoms with Gasteiger partial charge in [0.1, 0.15) is 11.2 Å². The van der Waals surface area contributed by atoms with Crippen molar-refractivity contribution in [2.75, 3.05) is 0 Å². The molecule has 0 atom stereocenters. The molecule has 0 N–H and O–H groups in total. The number of benzene rings is 9. The zero-order valence-corrected chi connectivity index (χ0v) is 30.1. The molecule has 56 heavy (non-hydrogen) atoms. The zero-order chi connectivity index (χ0) is 36.7. The van der Waals surface area contributed by atoms with E-state index in [4.69, 9.17) is 14.4 Å². The molecule has 9 aromatic carbocycles. The van der Waals surface area contributed by atoms with Crippen LogP contribution in [0.5, 0.6) is 0 Å². The fourth-order valence-corrected chi connectivity index (χ4v) is 8.84. The highest BCUT2D eigenvalue weighted by atomic mass is 16.3. The highest BCUT2D eigenvalue weighted by molar-refractivity contribution is 6.25. The molecule has 0 radical (unpaired) electrons. The van der Waals surface area contributed by atoms with Crippen LogP contribution in [0.25, 0.3) is 116 Å². The van der Waals surface area contributed by atoms with Gasteiger partial charge in [-0.1, -0.05) is 140 Å². The number of rotatable bonds is 4. The van der Waals surface area contributed by atoms with E-state index in [1.807, 2.05) is 24.3 Å². The molecule has 260 valence electrons. The Morgan fingerprint density at radius 2 is 0.946 bits per heavy atom. The maximum atomic E-state index is 6.47. The van der Waals surface area contributed by atoms with Crippen LogP contribution < -0.4 is 0 Å². The summed E-state index contributed by atoms with van der Waals surface area (Å²) < 4.78 is 8.87. The van der Waals surface area contributed by atoms with Crippen molar-refractivity contribution in [2.45, 2.75) is 0 Å². The molecule has 0 fully saturated rings. The number of nitrogens with zero attached hydrogens (tertiary/aromatic N) is 3. The minimum absolute atomic E-state index is 0.629. The van der Waals surface area contributed by atoms with Crippen molar-refractivity contribution in [1.29, 1.82) is 0 Å². The van der Waals surface area contributed by atoms with Crippen LogP contribution in [0.1, 0.15) is 0 Å². The van der Waals surface area contributed by atoms with Crippen molar-refractivity contribution in [3.05, 3.63) is 188 Å².